The summed E-state index contributed by atoms with van der Waals surface area (Å²) in [5.74, 6) is 1.10. The molecule has 0 aliphatic heterocycles. The Morgan fingerprint density at radius 1 is 1.12 bits per heavy atom. The van der Waals surface area contributed by atoms with Crippen LogP contribution in [0.15, 0.2) is 42.5 Å². The largest absolute Gasteiger partial charge is 0.493 e. The predicted octanol–water partition coefficient (Wildman–Crippen LogP) is 3.18. The molecule has 0 heterocycles. The molecule has 6 heteroatoms. The standard InChI is InChI=1S/C20H26N2O3.ClH/c1-13-7-5-6-8-15(13)11-17(22-20(23)14(2)21)16-9-10-18(24-3)19(12-16)25-4;/h5-10,12,14,17H,11,21H2,1-4H3,(H,22,23);1H/t14-,17?;/m0./s1. The summed E-state index contributed by atoms with van der Waals surface area (Å²) in [6, 6.07) is 13.0. The minimum Gasteiger partial charge on any atom is -0.493 e. The Morgan fingerprint density at radius 2 is 1.77 bits per heavy atom. The molecular formula is C20H27ClN2O3. The van der Waals surface area contributed by atoms with Crippen molar-refractivity contribution < 1.29 is 14.3 Å². The average Bonchev–Trinajstić information content (AvgIpc) is 2.62. The Kier molecular flexibility index (Phi) is 8.42. The topological polar surface area (TPSA) is 73.6 Å². The molecule has 0 aliphatic carbocycles. The van der Waals surface area contributed by atoms with Crippen molar-refractivity contribution >= 4 is 18.3 Å². The molecule has 3 N–H and O–H groups in total. The molecule has 2 aromatic carbocycles. The zero-order valence-corrected chi connectivity index (χ0v) is 16.4. The van der Waals surface area contributed by atoms with Crippen molar-refractivity contribution in [1.29, 1.82) is 0 Å². The van der Waals surface area contributed by atoms with Crippen LogP contribution in [0.3, 0.4) is 0 Å². The zero-order chi connectivity index (χ0) is 18.4. The number of carbonyl (C=O) groups is 1. The Labute approximate surface area is 161 Å². The fourth-order valence-electron chi connectivity index (χ4n) is 2.68. The molecule has 2 rings (SSSR count). The normalized spacial score (nSPS) is 12.5. The number of ether oxygens (including phenoxy) is 2. The zero-order valence-electron chi connectivity index (χ0n) is 15.6. The third-order valence-corrected chi connectivity index (χ3v) is 4.23. The van der Waals surface area contributed by atoms with Crippen molar-refractivity contribution in [3.05, 3.63) is 59.2 Å². The number of nitrogens with two attached hydrogens (primary N) is 1. The highest BCUT2D eigenvalue weighted by Crippen LogP contribution is 2.31. The van der Waals surface area contributed by atoms with Gasteiger partial charge >= 0.3 is 0 Å². The van der Waals surface area contributed by atoms with Gasteiger partial charge in [-0.05, 0) is 49.1 Å². The number of rotatable bonds is 7. The first-order valence-electron chi connectivity index (χ1n) is 8.28. The van der Waals surface area contributed by atoms with Gasteiger partial charge in [-0.25, -0.2) is 0 Å². The van der Waals surface area contributed by atoms with E-state index in [4.69, 9.17) is 15.2 Å². The molecule has 0 saturated carbocycles. The highest BCUT2D eigenvalue weighted by atomic mass is 35.5. The monoisotopic (exact) mass is 378 g/mol. The number of aryl methyl sites for hydroxylation is 1. The van der Waals surface area contributed by atoms with Crippen LogP contribution in [0.1, 0.15) is 29.7 Å². The van der Waals surface area contributed by atoms with Crippen molar-refractivity contribution in [2.75, 3.05) is 14.2 Å². The number of carbonyl (C=O) groups excluding carboxylic acids is 1. The molecule has 0 aromatic heterocycles. The highest BCUT2D eigenvalue weighted by molar-refractivity contribution is 5.85. The number of methoxy groups -OCH3 is 2. The molecule has 0 spiro atoms. The van der Waals surface area contributed by atoms with Crippen molar-refractivity contribution in [1.82, 2.24) is 5.32 Å². The number of nitrogens with one attached hydrogen (secondary N) is 1. The number of halogens is 1. The van der Waals surface area contributed by atoms with E-state index in [0.717, 1.165) is 5.56 Å². The second-order valence-corrected chi connectivity index (χ2v) is 6.09. The Balaban J connectivity index is 0.00000338. The molecule has 1 amide bonds. The summed E-state index contributed by atoms with van der Waals surface area (Å²) in [4.78, 5) is 12.2. The van der Waals surface area contributed by atoms with Gasteiger partial charge in [0.2, 0.25) is 5.91 Å². The van der Waals surface area contributed by atoms with Crippen LogP contribution >= 0.6 is 12.4 Å². The van der Waals surface area contributed by atoms with Gasteiger partial charge in [0.05, 0.1) is 26.3 Å². The molecule has 26 heavy (non-hydrogen) atoms. The van der Waals surface area contributed by atoms with E-state index >= 15 is 0 Å². The molecular weight excluding hydrogens is 352 g/mol. The van der Waals surface area contributed by atoms with Gasteiger partial charge in [-0.15, -0.1) is 12.4 Å². The van der Waals surface area contributed by atoms with Crippen LogP contribution in [0.5, 0.6) is 11.5 Å². The van der Waals surface area contributed by atoms with Crippen LogP contribution in [0.25, 0.3) is 0 Å². The summed E-state index contributed by atoms with van der Waals surface area (Å²) in [5.41, 5.74) is 9.03. The van der Waals surface area contributed by atoms with Crippen LogP contribution in [0.4, 0.5) is 0 Å². The summed E-state index contributed by atoms with van der Waals surface area (Å²) in [5, 5.41) is 3.04. The lowest BCUT2D eigenvalue weighted by Crippen LogP contribution is -2.41. The van der Waals surface area contributed by atoms with Gasteiger partial charge in [0.15, 0.2) is 11.5 Å². The molecule has 0 bridgehead atoms. The van der Waals surface area contributed by atoms with Crippen LogP contribution in [0.2, 0.25) is 0 Å². The number of hydrogen-bond donors (Lipinski definition) is 2. The van der Waals surface area contributed by atoms with Gasteiger partial charge < -0.3 is 20.5 Å². The summed E-state index contributed by atoms with van der Waals surface area (Å²) in [6.45, 7) is 3.74. The first-order chi connectivity index (χ1) is 12.0. The van der Waals surface area contributed by atoms with Crippen molar-refractivity contribution in [2.24, 2.45) is 5.73 Å². The molecule has 0 saturated heterocycles. The van der Waals surface area contributed by atoms with E-state index in [0.29, 0.717) is 17.9 Å². The number of hydrogen-bond acceptors (Lipinski definition) is 4. The fourth-order valence-corrected chi connectivity index (χ4v) is 2.68. The lowest BCUT2D eigenvalue weighted by Gasteiger charge is -2.22. The van der Waals surface area contributed by atoms with Gasteiger partial charge in [-0.3, -0.25) is 4.79 Å². The van der Waals surface area contributed by atoms with Crippen molar-refractivity contribution in [3.8, 4) is 11.5 Å². The maximum atomic E-state index is 12.2. The van der Waals surface area contributed by atoms with E-state index in [2.05, 4.69) is 24.4 Å². The Hall–Kier alpha value is -2.24. The molecule has 1 unspecified atom stereocenters. The third-order valence-electron chi connectivity index (χ3n) is 4.23. The SMILES string of the molecule is COc1ccc(C(Cc2ccccc2C)NC(=O)[C@H](C)N)cc1OC.Cl. The Bertz CT molecular complexity index is 735. The van der Waals surface area contributed by atoms with Crippen LogP contribution in [-0.2, 0) is 11.2 Å². The predicted molar refractivity (Wildman–Crippen MR) is 106 cm³/mol. The van der Waals surface area contributed by atoms with E-state index < -0.39 is 6.04 Å². The van der Waals surface area contributed by atoms with E-state index in [1.807, 2.05) is 30.3 Å². The fraction of sp³-hybridized carbons (Fsp3) is 0.350. The van der Waals surface area contributed by atoms with Crippen LogP contribution in [-0.4, -0.2) is 26.2 Å². The molecule has 2 aromatic rings. The molecule has 0 aliphatic rings. The smallest absolute Gasteiger partial charge is 0.237 e. The van der Waals surface area contributed by atoms with Gasteiger partial charge in [-0.1, -0.05) is 30.3 Å². The maximum Gasteiger partial charge on any atom is 0.237 e. The lowest BCUT2D eigenvalue weighted by molar-refractivity contribution is -0.122. The molecule has 0 radical (unpaired) electrons. The molecule has 2 atom stereocenters. The quantitative estimate of drug-likeness (QED) is 0.776. The van der Waals surface area contributed by atoms with Crippen molar-refractivity contribution in [3.63, 3.8) is 0 Å². The first kappa shape index (κ1) is 21.8. The van der Waals surface area contributed by atoms with Gasteiger partial charge in [0.1, 0.15) is 0 Å². The molecule has 142 valence electrons. The lowest BCUT2D eigenvalue weighted by atomic mass is 9.95. The molecule has 0 fully saturated rings. The summed E-state index contributed by atoms with van der Waals surface area (Å²) in [7, 11) is 3.19. The van der Waals surface area contributed by atoms with E-state index in [9.17, 15) is 4.79 Å². The Morgan fingerprint density at radius 3 is 2.35 bits per heavy atom. The van der Waals surface area contributed by atoms with E-state index in [1.165, 1.54) is 11.1 Å². The second kappa shape index (κ2) is 10.0. The van der Waals surface area contributed by atoms with Crippen molar-refractivity contribution in [2.45, 2.75) is 32.4 Å². The number of benzene rings is 2. The van der Waals surface area contributed by atoms with Crippen LogP contribution < -0.4 is 20.5 Å². The number of amides is 1. The maximum absolute atomic E-state index is 12.2. The van der Waals surface area contributed by atoms with Crippen LogP contribution in [0, 0.1) is 6.92 Å². The highest BCUT2D eigenvalue weighted by Gasteiger charge is 2.19. The second-order valence-electron chi connectivity index (χ2n) is 6.09. The van der Waals surface area contributed by atoms with Gasteiger partial charge in [0, 0.05) is 0 Å². The van der Waals surface area contributed by atoms with E-state index in [1.54, 1.807) is 21.1 Å². The first-order valence-corrected chi connectivity index (χ1v) is 8.28. The minimum absolute atomic E-state index is 0. The third kappa shape index (κ3) is 5.38. The van der Waals surface area contributed by atoms with Gasteiger partial charge in [0.25, 0.3) is 0 Å². The summed E-state index contributed by atoms with van der Waals surface area (Å²) < 4.78 is 10.7. The minimum atomic E-state index is -0.570. The average molecular weight is 379 g/mol. The van der Waals surface area contributed by atoms with Gasteiger partial charge in [-0.2, -0.15) is 0 Å². The molecule has 5 nitrogen and oxygen atoms in total. The summed E-state index contributed by atoms with van der Waals surface area (Å²) in [6.07, 6.45) is 0.667. The van der Waals surface area contributed by atoms with E-state index in [-0.39, 0.29) is 24.4 Å². The summed E-state index contributed by atoms with van der Waals surface area (Å²) >= 11 is 0.